The fourth-order valence-electron chi connectivity index (χ4n) is 3.08. The van der Waals surface area contributed by atoms with E-state index in [-0.39, 0.29) is 5.41 Å². The molecule has 0 aliphatic rings. The fourth-order valence-corrected chi connectivity index (χ4v) is 3.43. The molecular formula is C20H20OSi. The molecule has 0 bridgehead atoms. The molecule has 3 rings (SSSR count). The number of para-hydroxylation sites is 1. The Hall–Kier alpha value is -2.32. The zero-order valence-electron chi connectivity index (χ0n) is 13.0. The average molecular weight is 304 g/mol. The Labute approximate surface area is 135 Å². The molecule has 0 atom stereocenters. The minimum atomic E-state index is -0.233. The van der Waals surface area contributed by atoms with E-state index in [1.165, 1.54) is 16.7 Å². The molecule has 0 saturated heterocycles. The van der Waals surface area contributed by atoms with Crippen molar-refractivity contribution in [3.63, 3.8) is 0 Å². The molecule has 0 aliphatic carbocycles. The van der Waals surface area contributed by atoms with Gasteiger partial charge in [0.2, 0.25) is 10.5 Å². The first-order valence-electron chi connectivity index (χ1n) is 7.51. The van der Waals surface area contributed by atoms with Gasteiger partial charge in [0.15, 0.2) is 0 Å². The largest absolute Gasteiger partial charge is 0.553 e. The van der Waals surface area contributed by atoms with Crippen molar-refractivity contribution >= 4 is 10.5 Å². The summed E-state index contributed by atoms with van der Waals surface area (Å²) in [6.45, 7) is 2.27. The third-order valence-electron chi connectivity index (χ3n) is 4.35. The van der Waals surface area contributed by atoms with Crippen LogP contribution < -0.4 is 4.43 Å². The van der Waals surface area contributed by atoms with Gasteiger partial charge in [0.1, 0.15) is 5.75 Å². The van der Waals surface area contributed by atoms with Crippen LogP contribution in [0.5, 0.6) is 5.75 Å². The first-order valence-corrected chi connectivity index (χ1v) is 8.33. The van der Waals surface area contributed by atoms with Crippen LogP contribution in [0.3, 0.4) is 0 Å². The molecule has 110 valence electrons. The van der Waals surface area contributed by atoms with Crippen molar-refractivity contribution in [3.8, 4) is 5.75 Å². The topological polar surface area (TPSA) is 9.23 Å². The van der Waals surface area contributed by atoms with Gasteiger partial charge in [-0.3, -0.25) is 0 Å². The lowest BCUT2D eigenvalue weighted by atomic mass is 9.71. The van der Waals surface area contributed by atoms with Crippen LogP contribution in [0, 0.1) is 0 Å². The Balaban J connectivity index is 2.29. The second-order valence-corrected chi connectivity index (χ2v) is 5.97. The highest BCUT2D eigenvalue weighted by Crippen LogP contribution is 2.42. The van der Waals surface area contributed by atoms with Crippen LogP contribution in [0.15, 0.2) is 84.9 Å². The van der Waals surface area contributed by atoms with E-state index in [2.05, 4.69) is 85.8 Å². The second-order valence-electron chi connectivity index (χ2n) is 5.56. The van der Waals surface area contributed by atoms with E-state index < -0.39 is 0 Å². The summed E-state index contributed by atoms with van der Waals surface area (Å²) in [6.07, 6.45) is 0. The lowest BCUT2D eigenvalue weighted by Gasteiger charge is -2.33. The number of hydrogen-bond donors (Lipinski definition) is 0. The molecule has 0 unspecified atom stereocenters. The Kier molecular flexibility index (Phi) is 4.12. The number of benzene rings is 3. The van der Waals surface area contributed by atoms with E-state index in [4.69, 9.17) is 4.43 Å². The van der Waals surface area contributed by atoms with Crippen molar-refractivity contribution in [2.45, 2.75) is 12.3 Å². The molecule has 0 spiro atoms. The van der Waals surface area contributed by atoms with Gasteiger partial charge in [-0.1, -0.05) is 78.9 Å². The van der Waals surface area contributed by atoms with E-state index in [0.717, 1.165) is 5.75 Å². The molecule has 0 aliphatic heterocycles. The Morgan fingerprint density at radius 3 is 1.64 bits per heavy atom. The van der Waals surface area contributed by atoms with Gasteiger partial charge >= 0.3 is 0 Å². The highest BCUT2D eigenvalue weighted by atomic mass is 28.2. The van der Waals surface area contributed by atoms with Crippen LogP contribution in [-0.2, 0) is 5.41 Å². The molecule has 0 radical (unpaired) electrons. The van der Waals surface area contributed by atoms with Crippen molar-refractivity contribution in [3.05, 3.63) is 102 Å². The Bertz CT molecular complexity index is 698. The first kappa shape index (κ1) is 14.6. The molecule has 3 aromatic carbocycles. The normalized spacial score (nSPS) is 11.3. The minimum Gasteiger partial charge on any atom is -0.553 e. The van der Waals surface area contributed by atoms with Crippen molar-refractivity contribution < 1.29 is 4.43 Å². The van der Waals surface area contributed by atoms with Gasteiger partial charge in [0.05, 0.1) is 0 Å². The number of rotatable bonds is 4. The monoisotopic (exact) mass is 304 g/mol. The zero-order valence-corrected chi connectivity index (χ0v) is 15.0. The van der Waals surface area contributed by atoms with Crippen LogP contribution in [-0.4, -0.2) is 10.5 Å². The molecule has 3 aromatic rings. The summed E-state index contributed by atoms with van der Waals surface area (Å²) >= 11 is 0. The summed E-state index contributed by atoms with van der Waals surface area (Å²) in [4.78, 5) is 0. The van der Waals surface area contributed by atoms with E-state index in [9.17, 15) is 0 Å². The maximum atomic E-state index is 5.77. The van der Waals surface area contributed by atoms with Crippen molar-refractivity contribution in [1.82, 2.24) is 0 Å². The molecule has 0 saturated carbocycles. The Morgan fingerprint density at radius 2 is 1.14 bits per heavy atom. The molecule has 0 amide bonds. The van der Waals surface area contributed by atoms with Crippen LogP contribution >= 0.6 is 0 Å². The highest BCUT2D eigenvalue weighted by Gasteiger charge is 2.33. The molecule has 0 N–H and O–H groups in total. The first-order chi connectivity index (χ1) is 10.8. The van der Waals surface area contributed by atoms with Crippen molar-refractivity contribution in [2.75, 3.05) is 0 Å². The van der Waals surface area contributed by atoms with Gasteiger partial charge in [-0.05, 0) is 24.1 Å². The minimum absolute atomic E-state index is 0.233. The summed E-state index contributed by atoms with van der Waals surface area (Å²) in [7, 11) is 0.684. The van der Waals surface area contributed by atoms with Gasteiger partial charge < -0.3 is 4.43 Å². The maximum absolute atomic E-state index is 5.77. The molecule has 1 nitrogen and oxygen atoms in total. The molecule has 2 heteroatoms. The number of hydrogen-bond acceptors (Lipinski definition) is 1. The third kappa shape index (κ3) is 2.46. The molecule has 0 fully saturated rings. The second kappa shape index (κ2) is 6.20. The quantitative estimate of drug-likeness (QED) is 0.527. The van der Waals surface area contributed by atoms with Crippen LogP contribution in [0.2, 0.25) is 0 Å². The lowest BCUT2D eigenvalue weighted by molar-refractivity contribution is 0.575. The highest BCUT2D eigenvalue weighted by molar-refractivity contribution is 6.00. The smallest absolute Gasteiger partial charge is 0.204 e. The SMILES string of the molecule is CC(c1ccccc1)(c1ccccc1)c1ccccc1O[SiH3]. The third-order valence-corrected chi connectivity index (χ3v) is 4.79. The van der Waals surface area contributed by atoms with E-state index in [1.54, 1.807) is 0 Å². The molecule has 0 heterocycles. The summed E-state index contributed by atoms with van der Waals surface area (Å²) in [5, 5.41) is 0. The summed E-state index contributed by atoms with van der Waals surface area (Å²) in [5.41, 5.74) is 3.52. The molecule has 22 heavy (non-hydrogen) atoms. The standard InChI is InChI=1S/C20H20OSi/c1-20(16-10-4-2-5-11-16,17-12-6-3-7-13-17)18-14-8-9-15-19(18)21-22/h2-15H,1,22H3. The van der Waals surface area contributed by atoms with Gasteiger partial charge in [0.25, 0.3) is 0 Å². The zero-order chi connectivity index (χ0) is 15.4. The van der Waals surface area contributed by atoms with Crippen molar-refractivity contribution in [2.24, 2.45) is 0 Å². The maximum Gasteiger partial charge on any atom is 0.204 e. The van der Waals surface area contributed by atoms with Gasteiger partial charge in [-0.15, -0.1) is 0 Å². The predicted molar refractivity (Wildman–Crippen MR) is 95.4 cm³/mol. The summed E-state index contributed by atoms with van der Waals surface area (Å²) in [5.74, 6) is 0.976. The van der Waals surface area contributed by atoms with E-state index in [0.29, 0.717) is 10.5 Å². The van der Waals surface area contributed by atoms with Crippen LogP contribution in [0.1, 0.15) is 23.6 Å². The van der Waals surface area contributed by atoms with E-state index >= 15 is 0 Å². The Morgan fingerprint density at radius 1 is 0.682 bits per heavy atom. The van der Waals surface area contributed by atoms with E-state index in [1.807, 2.05) is 6.07 Å². The van der Waals surface area contributed by atoms with Gasteiger partial charge in [-0.2, -0.15) is 0 Å². The van der Waals surface area contributed by atoms with Crippen molar-refractivity contribution in [1.29, 1.82) is 0 Å². The lowest BCUT2D eigenvalue weighted by Crippen LogP contribution is -2.26. The molecule has 0 aromatic heterocycles. The summed E-state index contributed by atoms with van der Waals surface area (Å²) in [6, 6.07) is 29.6. The van der Waals surface area contributed by atoms with Gasteiger partial charge in [-0.25, -0.2) is 0 Å². The average Bonchev–Trinajstić information content (AvgIpc) is 2.62. The van der Waals surface area contributed by atoms with Crippen LogP contribution in [0.25, 0.3) is 0 Å². The van der Waals surface area contributed by atoms with Gasteiger partial charge in [0, 0.05) is 11.0 Å². The fraction of sp³-hybridized carbons (Fsp3) is 0.100. The summed E-state index contributed by atoms with van der Waals surface area (Å²) < 4.78 is 5.77. The predicted octanol–water partition coefficient (Wildman–Crippen LogP) is 3.70. The molecular weight excluding hydrogens is 284 g/mol. The van der Waals surface area contributed by atoms with Crippen LogP contribution in [0.4, 0.5) is 0 Å².